The van der Waals surface area contributed by atoms with Crippen LogP contribution in [0.15, 0.2) is 0 Å². The maximum absolute atomic E-state index is 12.8. The summed E-state index contributed by atoms with van der Waals surface area (Å²) in [7, 11) is 0. The van der Waals surface area contributed by atoms with Gasteiger partial charge < -0.3 is 11.1 Å². The van der Waals surface area contributed by atoms with Crippen LogP contribution in [0.25, 0.3) is 0 Å². The van der Waals surface area contributed by atoms with E-state index in [4.69, 9.17) is 5.73 Å². The van der Waals surface area contributed by atoms with E-state index in [0.29, 0.717) is 11.3 Å². The number of carbonyl (C=O) groups excluding carboxylic acids is 1. The fraction of sp³-hybridized carbons (Fsp3) is 0.944. The van der Waals surface area contributed by atoms with Gasteiger partial charge in [0.2, 0.25) is 5.91 Å². The van der Waals surface area contributed by atoms with Crippen molar-refractivity contribution < 1.29 is 4.79 Å². The lowest BCUT2D eigenvalue weighted by Crippen LogP contribution is -2.56. The molecular weight excluding hydrogens is 260 g/mol. The molecular formula is C18H32N2O. The Balaban J connectivity index is 1.50. The lowest BCUT2D eigenvalue weighted by atomic mass is 9.44. The fourth-order valence-corrected chi connectivity index (χ4v) is 6.00. The second-order valence-electron chi connectivity index (χ2n) is 8.51. The first-order valence-corrected chi connectivity index (χ1v) is 9.04. The van der Waals surface area contributed by atoms with Crippen LogP contribution in [0.4, 0.5) is 0 Å². The molecule has 4 aliphatic rings. The molecule has 21 heavy (non-hydrogen) atoms. The summed E-state index contributed by atoms with van der Waals surface area (Å²) in [5.41, 5.74) is 5.96. The largest absolute Gasteiger partial charge is 0.356 e. The van der Waals surface area contributed by atoms with Gasteiger partial charge >= 0.3 is 0 Å². The van der Waals surface area contributed by atoms with Crippen LogP contribution >= 0.6 is 0 Å². The molecule has 0 aromatic rings. The molecule has 1 amide bonds. The number of carbonyl (C=O) groups is 1. The first-order chi connectivity index (χ1) is 10.1. The molecule has 120 valence electrons. The van der Waals surface area contributed by atoms with E-state index in [1.807, 2.05) is 0 Å². The van der Waals surface area contributed by atoms with Crippen molar-refractivity contribution in [1.82, 2.24) is 5.32 Å². The van der Waals surface area contributed by atoms with Crippen LogP contribution in [0.5, 0.6) is 0 Å². The van der Waals surface area contributed by atoms with Crippen molar-refractivity contribution in [3.8, 4) is 0 Å². The highest BCUT2D eigenvalue weighted by molar-refractivity contribution is 5.83. The molecule has 0 saturated heterocycles. The SMILES string of the molecule is CC12CC3CC(C1)CC(C(=O)NCCCCCCN)(C3)C2. The van der Waals surface area contributed by atoms with E-state index in [9.17, 15) is 4.79 Å². The van der Waals surface area contributed by atoms with Gasteiger partial charge in [0.25, 0.3) is 0 Å². The number of amides is 1. The summed E-state index contributed by atoms with van der Waals surface area (Å²) in [6.07, 6.45) is 12.2. The van der Waals surface area contributed by atoms with Crippen molar-refractivity contribution in [1.29, 1.82) is 0 Å². The molecule has 0 aromatic carbocycles. The lowest BCUT2D eigenvalue weighted by molar-refractivity contribution is -0.155. The van der Waals surface area contributed by atoms with Gasteiger partial charge in [-0.2, -0.15) is 0 Å². The molecule has 2 atom stereocenters. The Hall–Kier alpha value is -0.570. The van der Waals surface area contributed by atoms with Gasteiger partial charge in [-0.25, -0.2) is 0 Å². The van der Waals surface area contributed by atoms with E-state index in [0.717, 1.165) is 57.0 Å². The second-order valence-corrected chi connectivity index (χ2v) is 8.51. The minimum Gasteiger partial charge on any atom is -0.356 e. The molecule has 3 nitrogen and oxygen atoms in total. The molecule has 0 spiro atoms. The Labute approximate surface area is 129 Å². The molecule has 4 rings (SSSR count). The Morgan fingerprint density at radius 1 is 1.10 bits per heavy atom. The summed E-state index contributed by atoms with van der Waals surface area (Å²) in [5, 5.41) is 3.26. The van der Waals surface area contributed by atoms with Crippen LogP contribution in [0.3, 0.4) is 0 Å². The van der Waals surface area contributed by atoms with Crippen LogP contribution < -0.4 is 11.1 Å². The minimum atomic E-state index is -0.00388. The van der Waals surface area contributed by atoms with Gasteiger partial charge in [-0.05, 0) is 75.2 Å². The monoisotopic (exact) mass is 292 g/mol. The summed E-state index contributed by atoms with van der Waals surface area (Å²) in [6, 6.07) is 0. The Morgan fingerprint density at radius 3 is 2.38 bits per heavy atom. The number of rotatable bonds is 7. The third-order valence-corrected chi connectivity index (χ3v) is 6.25. The maximum Gasteiger partial charge on any atom is 0.226 e. The van der Waals surface area contributed by atoms with Gasteiger partial charge in [0, 0.05) is 6.54 Å². The number of nitrogens with one attached hydrogen (secondary N) is 1. The van der Waals surface area contributed by atoms with Gasteiger partial charge in [-0.1, -0.05) is 19.8 Å². The first kappa shape index (κ1) is 15.3. The predicted octanol–water partition coefficient (Wildman–Crippen LogP) is 3.23. The van der Waals surface area contributed by atoms with Crippen molar-refractivity contribution in [2.75, 3.05) is 13.1 Å². The smallest absolute Gasteiger partial charge is 0.226 e. The van der Waals surface area contributed by atoms with Crippen molar-refractivity contribution in [2.45, 2.75) is 71.1 Å². The molecule has 4 bridgehead atoms. The minimum absolute atomic E-state index is 0.00388. The van der Waals surface area contributed by atoms with E-state index in [-0.39, 0.29) is 5.41 Å². The Bertz CT molecular complexity index is 379. The molecule has 4 aliphatic carbocycles. The Kier molecular flexibility index (Phi) is 4.31. The summed E-state index contributed by atoms with van der Waals surface area (Å²) in [4.78, 5) is 12.8. The fourth-order valence-electron chi connectivity index (χ4n) is 6.00. The van der Waals surface area contributed by atoms with Crippen LogP contribution in [0.1, 0.15) is 71.1 Å². The quantitative estimate of drug-likeness (QED) is 0.708. The highest BCUT2D eigenvalue weighted by Gasteiger charge is 2.58. The topological polar surface area (TPSA) is 55.1 Å². The average Bonchev–Trinajstić information content (AvgIpc) is 2.39. The zero-order valence-corrected chi connectivity index (χ0v) is 13.6. The average molecular weight is 292 g/mol. The third-order valence-electron chi connectivity index (χ3n) is 6.25. The second kappa shape index (κ2) is 5.91. The number of hydrogen-bond acceptors (Lipinski definition) is 2. The molecule has 2 unspecified atom stereocenters. The molecule has 0 radical (unpaired) electrons. The highest BCUT2D eigenvalue weighted by atomic mass is 16.2. The molecule has 4 fully saturated rings. The summed E-state index contributed by atoms with van der Waals surface area (Å²) < 4.78 is 0. The van der Waals surface area contributed by atoms with E-state index >= 15 is 0 Å². The van der Waals surface area contributed by atoms with E-state index in [2.05, 4.69) is 12.2 Å². The van der Waals surface area contributed by atoms with Crippen molar-refractivity contribution in [3.63, 3.8) is 0 Å². The molecule has 3 heteroatoms. The Morgan fingerprint density at radius 2 is 1.76 bits per heavy atom. The van der Waals surface area contributed by atoms with Gasteiger partial charge in [0.1, 0.15) is 0 Å². The normalized spacial score (nSPS) is 40.5. The zero-order valence-electron chi connectivity index (χ0n) is 13.6. The van der Waals surface area contributed by atoms with Crippen LogP contribution in [0.2, 0.25) is 0 Å². The first-order valence-electron chi connectivity index (χ1n) is 9.04. The summed E-state index contributed by atoms with van der Waals surface area (Å²) in [6.45, 7) is 4.08. The lowest BCUT2D eigenvalue weighted by Gasteiger charge is -2.60. The summed E-state index contributed by atoms with van der Waals surface area (Å²) >= 11 is 0. The molecule has 0 aliphatic heterocycles. The maximum atomic E-state index is 12.8. The number of nitrogens with two attached hydrogens (primary N) is 1. The molecule has 4 saturated carbocycles. The third kappa shape index (κ3) is 3.13. The predicted molar refractivity (Wildman–Crippen MR) is 85.8 cm³/mol. The van der Waals surface area contributed by atoms with Crippen molar-refractivity contribution in [3.05, 3.63) is 0 Å². The van der Waals surface area contributed by atoms with Gasteiger partial charge in [-0.15, -0.1) is 0 Å². The highest BCUT2D eigenvalue weighted by Crippen LogP contribution is 2.65. The molecule has 0 aromatic heterocycles. The standard InChI is InChI=1S/C18H32N2O/c1-17-9-14-8-15(10-17)12-18(11-14,13-17)16(21)20-7-5-3-2-4-6-19/h14-15H,2-13,19H2,1H3,(H,20,21). The van der Waals surface area contributed by atoms with E-state index in [1.165, 1.54) is 32.1 Å². The van der Waals surface area contributed by atoms with E-state index < -0.39 is 0 Å². The van der Waals surface area contributed by atoms with Crippen LogP contribution in [-0.4, -0.2) is 19.0 Å². The van der Waals surface area contributed by atoms with Crippen molar-refractivity contribution >= 4 is 5.91 Å². The molecule has 3 N–H and O–H groups in total. The van der Waals surface area contributed by atoms with Gasteiger partial charge in [0.05, 0.1) is 5.41 Å². The number of hydrogen-bond donors (Lipinski definition) is 2. The molecule has 0 heterocycles. The van der Waals surface area contributed by atoms with E-state index in [1.54, 1.807) is 0 Å². The summed E-state index contributed by atoms with van der Waals surface area (Å²) in [5.74, 6) is 2.03. The van der Waals surface area contributed by atoms with Crippen molar-refractivity contribution in [2.24, 2.45) is 28.4 Å². The zero-order chi connectivity index (χ0) is 14.9. The van der Waals surface area contributed by atoms with Crippen LogP contribution in [-0.2, 0) is 4.79 Å². The van der Waals surface area contributed by atoms with Gasteiger partial charge in [0.15, 0.2) is 0 Å². The van der Waals surface area contributed by atoms with Crippen LogP contribution in [0, 0.1) is 22.7 Å². The van der Waals surface area contributed by atoms with Gasteiger partial charge in [-0.3, -0.25) is 4.79 Å². The number of unbranched alkanes of at least 4 members (excludes halogenated alkanes) is 3.